The molecule has 0 unspecified atom stereocenters. The smallest absolute Gasteiger partial charge is 0.266 e. The van der Waals surface area contributed by atoms with Gasteiger partial charge in [0.15, 0.2) is 0 Å². The Labute approximate surface area is 191 Å². The van der Waals surface area contributed by atoms with Crippen molar-refractivity contribution in [1.82, 2.24) is 4.90 Å². The van der Waals surface area contributed by atoms with Crippen LogP contribution in [0.4, 0.5) is 5.69 Å². The molecule has 1 aliphatic rings. The van der Waals surface area contributed by atoms with Crippen LogP contribution >= 0.6 is 35.6 Å². The highest BCUT2D eigenvalue weighted by atomic mass is 35.5. The van der Waals surface area contributed by atoms with Crippen LogP contribution in [0.2, 0.25) is 5.02 Å². The molecule has 0 radical (unpaired) electrons. The molecule has 0 spiro atoms. The number of allylic oxidation sites excluding steroid dienone is 2. The van der Waals surface area contributed by atoms with Gasteiger partial charge in [0.1, 0.15) is 4.32 Å². The first-order valence-electron chi connectivity index (χ1n) is 9.46. The van der Waals surface area contributed by atoms with Crippen molar-refractivity contribution in [3.8, 4) is 0 Å². The molecule has 0 bridgehead atoms. The van der Waals surface area contributed by atoms with E-state index in [0.717, 1.165) is 11.1 Å². The molecule has 1 aliphatic heterocycles. The largest absolute Gasteiger partial charge is 0.326 e. The highest BCUT2D eigenvalue weighted by molar-refractivity contribution is 8.26. The summed E-state index contributed by atoms with van der Waals surface area (Å²) < 4.78 is 0.525. The van der Waals surface area contributed by atoms with E-state index in [-0.39, 0.29) is 11.8 Å². The first-order chi connectivity index (χ1) is 14.4. The summed E-state index contributed by atoms with van der Waals surface area (Å²) >= 11 is 12.5. The topological polar surface area (TPSA) is 49.4 Å². The lowest BCUT2D eigenvalue weighted by atomic mass is 10.1. The van der Waals surface area contributed by atoms with Crippen LogP contribution in [0.1, 0.15) is 25.3 Å². The van der Waals surface area contributed by atoms with Gasteiger partial charge in [0.05, 0.1) is 4.91 Å². The zero-order chi connectivity index (χ0) is 21.5. The highest BCUT2D eigenvalue weighted by Gasteiger charge is 2.31. The van der Waals surface area contributed by atoms with Crippen LogP contribution in [0.15, 0.2) is 71.2 Å². The standard InChI is InChI=1S/C23H21ClN2O2S2/c1-16(14-17-6-3-2-4-7-17)15-20-22(28)26(23(29)30-20)13-5-8-21(27)25-19-11-9-18(24)10-12-19/h2-4,6-7,9-12,14-15H,5,8,13H2,1H3,(H,25,27)/b16-14+,20-15-. The van der Waals surface area contributed by atoms with Gasteiger partial charge in [-0.1, -0.05) is 72.0 Å². The molecule has 1 N–H and O–H groups in total. The average Bonchev–Trinajstić information content (AvgIpc) is 2.97. The summed E-state index contributed by atoms with van der Waals surface area (Å²) in [6, 6.07) is 16.9. The van der Waals surface area contributed by atoms with Gasteiger partial charge in [-0.05, 0) is 54.8 Å². The lowest BCUT2D eigenvalue weighted by Crippen LogP contribution is -2.29. The third kappa shape index (κ3) is 6.29. The van der Waals surface area contributed by atoms with Crippen LogP contribution in [0, 0.1) is 0 Å². The van der Waals surface area contributed by atoms with Crippen LogP contribution in [-0.4, -0.2) is 27.6 Å². The molecule has 7 heteroatoms. The number of nitrogens with one attached hydrogen (secondary N) is 1. The van der Waals surface area contributed by atoms with E-state index in [1.165, 1.54) is 11.8 Å². The number of hydrogen-bond acceptors (Lipinski definition) is 4. The third-order valence-electron chi connectivity index (χ3n) is 4.34. The molecule has 2 aromatic carbocycles. The summed E-state index contributed by atoms with van der Waals surface area (Å²) in [6.45, 7) is 2.37. The van der Waals surface area contributed by atoms with Crippen molar-refractivity contribution in [2.45, 2.75) is 19.8 Å². The monoisotopic (exact) mass is 456 g/mol. The average molecular weight is 457 g/mol. The molecule has 1 fully saturated rings. The zero-order valence-corrected chi connectivity index (χ0v) is 18.8. The molecule has 0 atom stereocenters. The molecular weight excluding hydrogens is 436 g/mol. The second-order valence-electron chi connectivity index (χ2n) is 6.79. The van der Waals surface area contributed by atoms with Crippen molar-refractivity contribution in [2.75, 3.05) is 11.9 Å². The molecule has 1 heterocycles. The fourth-order valence-corrected chi connectivity index (χ4v) is 4.39. The van der Waals surface area contributed by atoms with Crippen LogP contribution in [0.5, 0.6) is 0 Å². The molecular formula is C23H21ClN2O2S2. The lowest BCUT2D eigenvalue weighted by Gasteiger charge is -2.14. The van der Waals surface area contributed by atoms with Gasteiger partial charge >= 0.3 is 0 Å². The Hall–Kier alpha value is -2.41. The van der Waals surface area contributed by atoms with Gasteiger partial charge in [0.2, 0.25) is 5.91 Å². The molecule has 1 saturated heterocycles. The van der Waals surface area contributed by atoms with Crippen LogP contribution in [-0.2, 0) is 9.59 Å². The predicted molar refractivity (Wildman–Crippen MR) is 129 cm³/mol. The third-order valence-corrected chi connectivity index (χ3v) is 5.97. The van der Waals surface area contributed by atoms with Crippen LogP contribution in [0.3, 0.4) is 0 Å². The predicted octanol–water partition coefficient (Wildman–Crippen LogP) is 5.91. The number of thioether (sulfide) groups is 1. The van der Waals surface area contributed by atoms with E-state index in [1.807, 2.05) is 49.4 Å². The van der Waals surface area contributed by atoms with E-state index in [9.17, 15) is 9.59 Å². The molecule has 4 nitrogen and oxygen atoms in total. The van der Waals surface area contributed by atoms with E-state index >= 15 is 0 Å². The van der Waals surface area contributed by atoms with E-state index in [4.69, 9.17) is 23.8 Å². The minimum Gasteiger partial charge on any atom is -0.326 e. The Morgan fingerprint density at radius 2 is 1.87 bits per heavy atom. The maximum Gasteiger partial charge on any atom is 0.266 e. The summed E-state index contributed by atoms with van der Waals surface area (Å²) in [7, 11) is 0. The number of amides is 2. The number of thiocarbonyl (C=S) groups is 1. The second-order valence-corrected chi connectivity index (χ2v) is 8.90. The summed E-state index contributed by atoms with van der Waals surface area (Å²) in [5.74, 6) is -0.219. The number of benzene rings is 2. The number of carbonyl (C=O) groups is 2. The second kappa shape index (κ2) is 10.6. The minimum atomic E-state index is -0.111. The minimum absolute atomic E-state index is 0.107. The number of rotatable bonds is 7. The van der Waals surface area contributed by atoms with Gasteiger partial charge in [-0.3, -0.25) is 14.5 Å². The van der Waals surface area contributed by atoms with Crippen LogP contribution in [0.25, 0.3) is 6.08 Å². The molecule has 3 rings (SSSR count). The van der Waals surface area contributed by atoms with Gasteiger partial charge in [0, 0.05) is 23.7 Å². The Morgan fingerprint density at radius 3 is 2.57 bits per heavy atom. The number of halogens is 1. The fraction of sp³-hybridized carbons (Fsp3) is 0.174. The van der Waals surface area contributed by atoms with E-state index in [1.54, 1.807) is 29.2 Å². The SMILES string of the molecule is CC(/C=C1\SC(=S)N(CCCC(=O)Nc2ccc(Cl)cc2)C1=O)=C\c1ccccc1. The van der Waals surface area contributed by atoms with E-state index < -0.39 is 0 Å². The first kappa shape index (κ1) is 22.3. The van der Waals surface area contributed by atoms with Crippen molar-refractivity contribution in [1.29, 1.82) is 0 Å². The molecule has 0 aliphatic carbocycles. The summed E-state index contributed by atoms with van der Waals surface area (Å²) in [5, 5.41) is 3.43. The van der Waals surface area contributed by atoms with Gasteiger partial charge in [-0.15, -0.1) is 0 Å². The molecule has 2 aromatic rings. The molecule has 30 heavy (non-hydrogen) atoms. The Balaban J connectivity index is 1.52. The molecule has 0 aromatic heterocycles. The zero-order valence-electron chi connectivity index (χ0n) is 16.4. The van der Waals surface area contributed by atoms with Gasteiger partial charge in [0.25, 0.3) is 5.91 Å². The van der Waals surface area contributed by atoms with Crippen molar-refractivity contribution < 1.29 is 9.59 Å². The van der Waals surface area contributed by atoms with Crippen LogP contribution < -0.4 is 5.32 Å². The van der Waals surface area contributed by atoms with Gasteiger partial charge < -0.3 is 5.32 Å². The Kier molecular flexibility index (Phi) is 7.85. The molecule has 2 amide bonds. The summed E-state index contributed by atoms with van der Waals surface area (Å²) in [6.07, 6.45) is 4.71. The van der Waals surface area contributed by atoms with Crippen molar-refractivity contribution in [3.63, 3.8) is 0 Å². The molecule has 0 saturated carbocycles. The van der Waals surface area contributed by atoms with Crippen molar-refractivity contribution >= 4 is 63.5 Å². The first-order valence-corrected chi connectivity index (χ1v) is 11.1. The van der Waals surface area contributed by atoms with E-state index in [0.29, 0.717) is 39.3 Å². The highest BCUT2D eigenvalue weighted by Crippen LogP contribution is 2.32. The number of hydrogen-bond donors (Lipinski definition) is 1. The van der Waals surface area contributed by atoms with Gasteiger partial charge in [-0.25, -0.2) is 0 Å². The summed E-state index contributed by atoms with van der Waals surface area (Å²) in [4.78, 5) is 27.0. The molecule has 154 valence electrons. The number of nitrogens with zero attached hydrogens (tertiary/aromatic N) is 1. The van der Waals surface area contributed by atoms with E-state index in [2.05, 4.69) is 5.32 Å². The Bertz CT molecular complexity index is 1000. The maximum atomic E-state index is 12.7. The summed E-state index contributed by atoms with van der Waals surface area (Å²) in [5.41, 5.74) is 2.75. The van der Waals surface area contributed by atoms with Crippen molar-refractivity contribution in [3.05, 3.63) is 81.7 Å². The quantitative estimate of drug-likeness (QED) is 0.416. The maximum absolute atomic E-state index is 12.7. The fourth-order valence-electron chi connectivity index (χ4n) is 2.91. The normalized spacial score (nSPS) is 15.7. The lowest BCUT2D eigenvalue weighted by molar-refractivity contribution is -0.122. The number of anilines is 1. The Morgan fingerprint density at radius 1 is 1.17 bits per heavy atom. The number of carbonyl (C=O) groups excluding carboxylic acids is 2. The van der Waals surface area contributed by atoms with Crippen molar-refractivity contribution in [2.24, 2.45) is 0 Å². The van der Waals surface area contributed by atoms with Gasteiger partial charge in [-0.2, -0.15) is 0 Å².